The van der Waals surface area contributed by atoms with Gasteiger partial charge in [-0.1, -0.05) is 108 Å². The van der Waals surface area contributed by atoms with Crippen molar-refractivity contribution in [2.75, 3.05) is 0 Å². The van der Waals surface area contributed by atoms with Gasteiger partial charge in [-0.25, -0.2) is 4.99 Å². The van der Waals surface area contributed by atoms with E-state index in [0.29, 0.717) is 0 Å². The maximum atomic E-state index is 5.04. The standard InChI is InChI=1S/C27H21NS3/c1-5-13-22(14-6-1)28-27(31-25-19-11-4-12-20-25)26(30-24-17-9-3-10-18-24)21-29-23-15-7-2-8-16-23/h1-21H/b26-21+,28-27?. The van der Waals surface area contributed by atoms with E-state index in [9.17, 15) is 0 Å². The van der Waals surface area contributed by atoms with Gasteiger partial charge in [0.25, 0.3) is 0 Å². The summed E-state index contributed by atoms with van der Waals surface area (Å²) in [5.74, 6) is 0. The summed E-state index contributed by atoms with van der Waals surface area (Å²) in [4.78, 5) is 9.73. The first-order chi connectivity index (χ1) is 15.4. The van der Waals surface area contributed by atoms with Crippen molar-refractivity contribution in [3.05, 3.63) is 132 Å². The van der Waals surface area contributed by atoms with E-state index >= 15 is 0 Å². The molecule has 0 aliphatic carbocycles. The summed E-state index contributed by atoms with van der Waals surface area (Å²) in [6.07, 6.45) is 0. The molecule has 0 radical (unpaired) electrons. The molecule has 152 valence electrons. The second kappa shape index (κ2) is 11.7. The second-order valence-corrected chi connectivity index (χ2v) is 9.62. The molecule has 0 spiro atoms. The van der Waals surface area contributed by atoms with Crippen LogP contribution >= 0.6 is 35.3 Å². The molecule has 0 aliphatic heterocycles. The summed E-state index contributed by atoms with van der Waals surface area (Å²) in [6, 6.07) is 41.5. The third-order valence-electron chi connectivity index (χ3n) is 4.17. The summed E-state index contributed by atoms with van der Waals surface area (Å²) < 4.78 is 0. The minimum Gasteiger partial charge on any atom is -0.241 e. The number of benzene rings is 4. The lowest BCUT2D eigenvalue weighted by Crippen LogP contribution is -1.95. The molecule has 0 fully saturated rings. The quantitative estimate of drug-likeness (QED) is 0.157. The molecule has 4 aromatic carbocycles. The van der Waals surface area contributed by atoms with Crippen molar-refractivity contribution in [3.63, 3.8) is 0 Å². The highest BCUT2D eigenvalue weighted by Gasteiger charge is 2.13. The first-order valence-corrected chi connectivity index (χ1v) is 12.4. The highest BCUT2D eigenvalue weighted by Crippen LogP contribution is 2.37. The molecule has 0 unspecified atom stereocenters. The molecule has 0 heterocycles. The summed E-state index contributed by atoms with van der Waals surface area (Å²) in [5.41, 5.74) is 0.949. The topological polar surface area (TPSA) is 12.4 Å². The highest BCUT2D eigenvalue weighted by molar-refractivity contribution is 8.18. The molecular formula is C27H21NS3. The summed E-state index contributed by atoms with van der Waals surface area (Å²) >= 11 is 5.16. The summed E-state index contributed by atoms with van der Waals surface area (Å²) in [5, 5.41) is 3.19. The van der Waals surface area contributed by atoms with E-state index in [2.05, 4.69) is 78.2 Å². The van der Waals surface area contributed by atoms with Crippen LogP contribution < -0.4 is 0 Å². The lowest BCUT2D eigenvalue weighted by molar-refractivity contribution is 1.46. The van der Waals surface area contributed by atoms with E-state index in [1.807, 2.05) is 48.5 Å². The first kappa shape index (κ1) is 21.6. The van der Waals surface area contributed by atoms with Gasteiger partial charge in [-0.05, 0) is 53.9 Å². The maximum absolute atomic E-state index is 5.04. The van der Waals surface area contributed by atoms with E-state index in [-0.39, 0.29) is 0 Å². The average molecular weight is 456 g/mol. The van der Waals surface area contributed by atoms with Gasteiger partial charge < -0.3 is 0 Å². The Bertz CT molecular complexity index is 1130. The van der Waals surface area contributed by atoms with E-state index in [0.717, 1.165) is 15.6 Å². The third-order valence-corrected chi connectivity index (χ3v) is 7.40. The van der Waals surface area contributed by atoms with Crippen molar-refractivity contribution in [1.82, 2.24) is 0 Å². The number of para-hydroxylation sites is 1. The van der Waals surface area contributed by atoms with Crippen molar-refractivity contribution in [3.8, 4) is 0 Å². The number of rotatable bonds is 7. The van der Waals surface area contributed by atoms with Gasteiger partial charge in [-0.2, -0.15) is 0 Å². The van der Waals surface area contributed by atoms with Crippen molar-refractivity contribution < 1.29 is 0 Å². The van der Waals surface area contributed by atoms with Crippen LogP contribution in [0.1, 0.15) is 0 Å². The number of hydrogen-bond donors (Lipinski definition) is 0. The number of aliphatic imine (C=N–C) groups is 1. The van der Waals surface area contributed by atoms with Crippen LogP contribution in [0, 0.1) is 0 Å². The largest absolute Gasteiger partial charge is 0.241 e. The molecule has 0 amide bonds. The monoisotopic (exact) mass is 455 g/mol. The Balaban J connectivity index is 1.73. The predicted octanol–water partition coefficient (Wildman–Crippen LogP) is 8.93. The van der Waals surface area contributed by atoms with Crippen LogP contribution in [0.5, 0.6) is 0 Å². The Morgan fingerprint density at radius 3 is 1.52 bits per heavy atom. The molecule has 31 heavy (non-hydrogen) atoms. The molecule has 0 bridgehead atoms. The van der Waals surface area contributed by atoms with Crippen molar-refractivity contribution in [2.45, 2.75) is 14.7 Å². The number of thioether (sulfide) groups is 3. The molecule has 4 heteroatoms. The molecule has 4 aromatic rings. The lowest BCUT2D eigenvalue weighted by Gasteiger charge is -2.12. The molecule has 0 saturated heterocycles. The van der Waals surface area contributed by atoms with Crippen LogP contribution in [-0.4, -0.2) is 5.04 Å². The fourth-order valence-electron chi connectivity index (χ4n) is 2.70. The van der Waals surface area contributed by atoms with Crippen LogP contribution in [0.25, 0.3) is 0 Å². The van der Waals surface area contributed by atoms with E-state index in [4.69, 9.17) is 4.99 Å². The minimum atomic E-state index is 0.949. The number of hydrogen-bond acceptors (Lipinski definition) is 4. The van der Waals surface area contributed by atoms with Gasteiger partial charge in [0, 0.05) is 14.7 Å². The van der Waals surface area contributed by atoms with Gasteiger partial charge in [-0.3, -0.25) is 0 Å². The van der Waals surface area contributed by atoms with Gasteiger partial charge in [0.05, 0.1) is 10.6 Å². The summed E-state index contributed by atoms with van der Waals surface area (Å²) in [7, 11) is 0. The Kier molecular flexibility index (Phi) is 8.11. The van der Waals surface area contributed by atoms with E-state index in [1.54, 1.807) is 35.3 Å². The van der Waals surface area contributed by atoms with Crippen LogP contribution in [0.2, 0.25) is 0 Å². The third kappa shape index (κ3) is 6.93. The molecule has 0 aliphatic rings. The van der Waals surface area contributed by atoms with Crippen LogP contribution in [-0.2, 0) is 0 Å². The zero-order valence-electron chi connectivity index (χ0n) is 16.8. The maximum Gasteiger partial charge on any atom is 0.116 e. The number of nitrogens with zero attached hydrogens (tertiary/aromatic N) is 1. The normalized spacial score (nSPS) is 12.0. The van der Waals surface area contributed by atoms with E-state index in [1.165, 1.54) is 14.7 Å². The molecule has 0 N–H and O–H groups in total. The molecule has 0 aromatic heterocycles. The van der Waals surface area contributed by atoms with Gasteiger partial charge in [0.15, 0.2) is 0 Å². The Hall–Kier alpha value is -2.66. The van der Waals surface area contributed by atoms with Crippen molar-refractivity contribution in [1.29, 1.82) is 0 Å². The highest BCUT2D eigenvalue weighted by atomic mass is 32.2. The van der Waals surface area contributed by atoms with Gasteiger partial charge in [-0.15, -0.1) is 0 Å². The van der Waals surface area contributed by atoms with Crippen LogP contribution in [0.15, 0.2) is 151 Å². The predicted molar refractivity (Wildman–Crippen MR) is 139 cm³/mol. The van der Waals surface area contributed by atoms with Crippen molar-refractivity contribution in [2.24, 2.45) is 4.99 Å². The molecule has 0 atom stereocenters. The average Bonchev–Trinajstić information content (AvgIpc) is 2.84. The lowest BCUT2D eigenvalue weighted by atomic mass is 10.3. The molecular weight excluding hydrogens is 435 g/mol. The van der Waals surface area contributed by atoms with Crippen molar-refractivity contribution >= 4 is 46.0 Å². The van der Waals surface area contributed by atoms with Crippen LogP contribution in [0.3, 0.4) is 0 Å². The molecule has 0 saturated carbocycles. The van der Waals surface area contributed by atoms with Gasteiger partial charge in [0.1, 0.15) is 5.04 Å². The smallest absolute Gasteiger partial charge is 0.116 e. The Morgan fingerprint density at radius 2 is 0.968 bits per heavy atom. The van der Waals surface area contributed by atoms with Gasteiger partial charge in [0.2, 0.25) is 0 Å². The molecule has 1 nitrogen and oxygen atoms in total. The zero-order chi connectivity index (χ0) is 21.1. The second-order valence-electron chi connectivity index (χ2n) is 6.50. The molecule has 4 rings (SSSR count). The van der Waals surface area contributed by atoms with Gasteiger partial charge >= 0.3 is 0 Å². The Labute approximate surface area is 196 Å². The minimum absolute atomic E-state index is 0.949. The van der Waals surface area contributed by atoms with Crippen LogP contribution in [0.4, 0.5) is 5.69 Å². The van der Waals surface area contributed by atoms with E-state index < -0.39 is 0 Å². The first-order valence-electron chi connectivity index (χ1n) is 9.88. The fraction of sp³-hybridized carbons (Fsp3) is 0. The SMILES string of the molecule is C(/Sc1ccccc1)=C(\Sc1ccccc1)C(=Nc1ccccc1)Sc1ccccc1. The zero-order valence-corrected chi connectivity index (χ0v) is 19.2. The summed E-state index contributed by atoms with van der Waals surface area (Å²) in [6.45, 7) is 0. The Morgan fingerprint density at radius 1 is 0.516 bits per heavy atom. The fourth-order valence-corrected chi connectivity index (χ4v) is 5.54.